The molecule has 19 heavy (non-hydrogen) atoms. The van der Waals surface area contributed by atoms with Gasteiger partial charge in [0.05, 0.1) is 6.61 Å². The highest BCUT2D eigenvalue weighted by atomic mass is 79.9. The summed E-state index contributed by atoms with van der Waals surface area (Å²) in [4.78, 5) is 8.81. The maximum absolute atomic E-state index is 5.74. The Labute approximate surface area is 122 Å². The number of nitrogens with zero attached hydrogens (tertiary/aromatic N) is 2. The van der Waals surface area contributed by atoms with Gasteiger partial charge in [-0.25, -0.2) is 9.97 Å². The number of nitrogens with one attached hydrogen (secondary N) is 1. The molecule has 1 aromatic rings. The van der Waals surface area contributed by atoms with Crippen LogP contribution in [0, 0.1) is 0 Å². The summed E-state index contributed by atoms with van der Waals surface area (Å²) >= 11 is 3.41. The van der Waals surface area contributed by atoms with E-state index in [4.69, 9.17) is 9.47 Å². The molecule has 0 radical (unpaired) electrons. The number of halogens is 1. The van der Waals surface area contributed by atoms with E-state index in [9.17, 15) is 0 Å². The minimum Gasteiger partial charge on any atom is -0.367 e. The molecule has 2 rings (SSSR count). The number of rotatable bonds is 5. The second-order valence-corrected chi connectivity index (χ2v) is 5.89. The molecule has 0 amide bonds. The number of aromatic nitrogens is 2. The fraction of sp³-hybridized carbons (Fsp3) is 0.692. The van der Waals surface area contributed by atoms with Crippen molar-refractivity contribution < 1.29 is 9.47 Å². The van der Waals surface area contributed by atoms with Crippen molar-refractivity contribution >= 4 is 21.7 Å². The highest BCUT2D eigenvalue weighted by Gasteiger charge is 2.32. The van der Waals surface area contributed by atoms with Gasteiger partial charge in [0.1, 0.15) is 22.3 Å². The molecule has 5 nitrogen and oxygen atoms in total. The molecule has 1 aromatic heterocycles. The van der Waals surface area contributed by atoms with Crippen LogP contribution in [0.25, 0.3) is 0 Å². The van der Waals surface area contributed by atoms with Crippen LogP contribution in [-0.4, -0.2) is 35.0 Å². The van der Waals surface area contributed by atoms with Crippen molar-refractivity contribution in [3.63, 3.8) is 0 Å². The lowest BCUT2D eigenvalue weighted by molar-refractivity contribution is -0.136. The second kappa shape index (κ2) is 6.15. The number of hydrogen-bond acceptors (Lipinski definition) is 5. The van der Waals surface area contributed by atoms with Crippen LogP contribution in [0.1, 0.15) is 33.0 Å². The average Bonchev–Trinajstić information content (AvgIpc) is 2.66. The maximum Gasteiger partial charge on any atom is 0.163 e. The third-order valence-corrected chi connectivity index (χ3v) is 3.20. The molecule has 0 bridgehead atoms. The van der Waals surface area contributed by atoms with Crippen LogP contribution in [0.3, 0.4) is 0 Å². The maximum atomic E-state index is 5.74. The highest BCUT2D eigenvalue weighted by Crippen LogP contribution is 2.22. The van der Waals surface area contributed by atoms with Gasteiger partial charge in [-0.2, -0.15) is 0 Å². The molecule has 1 fully saturated rings. The molecule has 1 atom stereocenters. The predicted octanol–water partition coefficient (Wildman–Crippen LogP) is 2.76. The summed E-state index contributed by atoms with van der Waals surface area (Å²) in [7, 11) is 0. The summed E-state index contributed by atoms with van der Waals surface area (Å²) in [5, 5.41) is 3.28. The second-order valence-electron chi connectivity index (χ2n) is 5.07. The van der Waals surface area contributed by atoms with Gasteiger partial charge in [-0.05, 0) is 36.2 Å². The summed E-state index contributed by atoms with van der Waals surface area (Å²) in [6, 6.07) is 1.88. The summed E-state index contributed by atoms with van der Waals surface area (Å²) in [5.41, 5.74) is 0. The van der Waals surface area contributed by atoms with Crippen LogP contribution in [0.2, 0.25) is 0 Å². The van der Waals surface area contributed by atoms with Gasteiger partial charge in [0, 0.05) is 19.0 Å². The Morgan fingerprint density at radius 3 is 2.89 bits per heavy atom. The van der Waals surface area contributed by atoms with Crippen LogP contribution >= 0.6 is 15.9 Å². The minimum atomic E-state index is -0.480. The minimum absolute atomic E-state index is 0.0540. The first-order valence-corrected chi connectivity index (χ1v) is 7.37. The monoisotopic (exact) mass is 329 g/mol. The zero-order chi connectivity index (χ0) is 13.9. The van der Waals surface area contributed by atoms with Crippen molar-refractivity contribution in [1.82, 2.24) is 9.97 Å². The third-order valence-electron chi connectivity index (χ3n) is 2.79. The normalized spacial score (nSPS) is 21.6. The molecule has 1 unspecified atom stereocenters. The van der Waals surface area contributed by atoms with Crippen LogP contribution in [0.15, 0.2) is 10.7 Å². The molecular formula is C13H20BrN3O2. The molecule has 1 saturated heterocycles. The summed E-state index contributed by atoms with van der Waals surface area (Å²) < 4.78 is 12.1. The van der Waals surface area contributed by atoms with E-state index < -0.39 is 5.79 Å². The van der Waals surface area contributed by atoms with E-state index >= 15 is 0 Å². The van der Waals surface area contributed by atoms with Gasteiger partial charge >= 0.3 is 0 Å². The predicted molar refractivity (Wildman–Crippen MR) is 77.1 cm³/mol. The molecule has 0 spiro atoms. The lowest BCUT2D eigenvalue weighted by Gasteiger charge is -2.17. The first-order valence-electron chi connectivity index (χ1n) is 6.57. The van der Waals surface area contributed by atoms with E-state index in [1.165, 1.54) is 0 Å². The number of aryl methyl sites for hydroxylation is 1. The summed E-state index contributed by atoms with van der Waals surface area (Å²) in [5.74, 6) is 1.19. The molecular weight excluding hydrogens is 310 g/mol. The molecule has 2 heterocycles. The lowest BCUT2D eigenvalue weighted by atomic mass is 10.3. The van der Waals surface area contributed by atoms with Crippen LogP contribution < -0.4 is 5.32 Å². The lowest BCUT2D eigenvalue weighted by Crippen LogP contribution is -2.26. The van der Waals surface area contributed by atoms with Crippen LogP contribution in [0.4, 0.5) is 5.82 Å². The Bertz CT molecular complexity index is 440. The number of anilines is 1. The third kappa shape index (κ3) is 4.40. The standard InChI is InChI=1S/C13H20BrN3O2/c1-4-5-11-16-10(14)6-12(17-11)15-7-9-8-18-13(2,3)19-9/h6,9H,4-5,7-8H2,1-3H3,(H,15,16,17). The van der Waals surface area contributed by atoms with E-state index in [1.807, 2.05) is 19.9 Å². The first kappa shape index (κ1) is 14.7. The van der Waals surface area contributed by atoms with E-state index in [-0.39, 0.29) is 6.10 Å². The van der Waals surface area contributed by atoms with Crippen molar-refractivity contribution in [3.8, 4) is 0 Å². The van der Waals surface area contributed by atoms with Crippen molar-refractivity contribution in [3.05, 3.63) is 16.5 Å². The molecule has 0 aliphatic carbocycles. The molecule has 106 valence electrons. The van der Waals surface area contributed by atoms with Crippen molar-refractivity contribution in [1.29, 1.82) is 0 Å². The average molecular weight is 330 g/mol. The van der Waals surface area contributed by atoms with E-state index in [0.717, 1.165) is 29.1 Å². The summed E-state index contributed by atoms with van der Waals surface area (Å²) in [6.45, 7) is 7.25. The quantitative estimate of drug-likeness (QED) is 0.842. The Hall–Kier alpha value is -0.720. The Balaban J connectivity index is 1.92. The molecule has 1 N–H and O–H groups in total. The molecule has 1 aliphatic heterocycles. The Morgan fingerprint density at radius 2 is 2.26 bits per heavy atom. The zero-order valence-corrected chi connectivity index (χ0v) is 13.2. The zero-order valence-electron chi connectivity index (χ0n) is 11.6. The topological polar surface area (TPSA) is 56.3 Å². The molecule has 0 aromatic carbocycles. The molecule has 1 aliphatic rings. The van der Waals surface area contributed by atoms with Gasteiger partial charge in [-0.1, -0.05) is 6.92 Å². The number of ether oxygens (including phenoxy) is 2. The van der Waals surface area contributed by atoms with Gasteiger partial charge in [0.25, 0.3) is 0 Å². The fourth-order valence-electron chi connectivity index (χ4n) is 1.97. The Kier molecular flexibility index (Phi) is 4.76. The van der Waals surface area contributed by atoms with E-state index in [1.54, 1.807) is 0 Å². The Morgan fingerprint density at radius 1 is 1.47 bits per heavy atom. The van der Waals surface area contributed by atoms with Crippen molar-refractivity contribution in [2.75, 3.05) is 18.5 Å². The molecule has 0 saturated carbocycles. The summed E-state index contributed by atoms with van der Waals surface area (Å²) in [6.07, 6.45) is 1.96. The van der Waals surface area contributed by atoms with Crippen molar-refractivity contribution in [2.45, 2.75) is 45.5 Å². The van der Waals surface area contributed by atoms with E-state index in [2.05, 4.69) is 38.1 Å². The first-order chi connectivity index (χ1) is 8.98. The van der Waals surface area contributed by atoms with Gasteiger partial charge < -0.3 is 14.8 Å². The van der Waals surface area contributed by atoms with Crippen LogP contribution in [-0.2, 0) is 15.9 Å². The largest absolute Gasteiger partial charge is 0.367 e. The van der Waals surface area contributed by atoms with Gasteiger partial charge in [0.15, 0.2) is 5.79 Å². The van der Waals surface area contributed by atoms with Gasteiger partial charge in [0.2, 0.25) is 0 Å². The smallest absolute Gasteiger partial charge is 0.163 e. The van der Waals surface area contributed by atoms with Gasteiger partial charge in [-0.15, -0.1) is 0 Å². The van der Waals surface area contributed by atoms with E-state index in [0.29, 0.717) is 13.2 Å². The highest BCUT2D eigenvalue weighted by molar-refractivity contribution is 9.10. The fourth-order valence-corrected chi connectivity index (χ4v) is 2.39. The number of hydrogen-bond donors (Lipinski definition) is 1. The molecule has 6 heteroatoms. The van der Waals surface area contributed by atoms with Crippen molar-refractivity contribution in [2.24, 2.45) is 0 Å². The SMILES string of the molecule is CCCc1nc(Br)cc(NCC2COC(C)(C)O2)n1. The van der Waals surface area contributed by atoms with Crippen LogP contribution in [0.5, 0.6) is 0 Å². The van der Waals surface area contributed by atoms with Gasteiger partial charge in [-0.3, -0.25) is 0 Å².